The van der Waals surface area contributed by atoms with E-state index in [0.29, 0.717) is 13.0 Å². The van der Waals surface area contributed by atoms with Gasteiger partial charge in [-0.25, -0.2) is 0 Å². The predicted octanol–water partition coefficient (Wildman–Crippen LogP) is 2.32. The maximum Gasteiger partial charge on any atom is 0.221 e. The number of hydrogen-bond acceptors (Lipinski definition) is 2. The molecule has 0 saturated heterocycles. The van der Waals surface area contributed by atoms with Crippen LogP contribution in [0.15, 0.2) is 24.3 Å². The topological polar surface area (TPSA) is 41.1 Å². The van der Waals surface area contributed by atoms with Gasteiger partial charge in [-0.15, -0.1) is 0 Å². The number of benzene rings is 1. The van der Waals surface area contributed by atoms with Crippen LogP contribution in [0.2, 0.25) is 0 Å². The lowest BCUT2D eigenvalue weighted by atomic mass is 10.2. The van der Waals surface area contributed by atoms with Crippen molar-refractivity contribution in [2.24, 2.45) is 0 Å². The molecule has 0 aliphatic carbocycles. The van der Waals surface area contributed by atoms with Crippen LogP contribution in [0.3, 0.4) is 0 Å². The van der Waals surface area contributed by atoms with Gasteiger partial charge >= 0.3 is 0 Å². The molecule has 0 radical (unpaired) electrons. The first kappa shape index (κ1) is 12.6. The molecule has 0 aliphatic heterocycles. The van der Waals surface area contributed by atoms with Crippen molar-refractivity contribution in [3.63, 3.8) is 0 Å². The van der Waals surface area contributed by atoms with Crippen LogP contribution < -0.4 is 10.6 Å². The molecular weight excluding hydrogens is 200 g/mol. The van der Waals surface area contributed by atoms with E-state index in [9.17, 15) is 4.79 Å². The smallest absolute Gasteiger partial charge is 0.221 e. The summed E-state index contributed by atoms with van der Waals surface area (Å²) in [7, 11) is 0. The minimum absolute atomic E-state index is 0.113. The van der Waals surface area contributed by atoms with Crippen LogP contribution in [0.1, 0.15) is 25.3 Å². The summed E-state index contributed by atoms with van der Waals surface area (Å²) in [6, 6.07) is 8.15. The average molecular weight is 220 g/mol. The SMILES string of the molecule is CCCNC(=O)CCNc1cccc(C)c1. The van der Waals surface area contributed by atoms with Crippen molar-refractivity contribution in [2.45, 2.75) is 26.7 Å². The van der Waals surface area contributed by atoms with E-state index in [1.165, 1.54) is 5.56 Å². The molecule has 0 aliphatic rings. The molecule has 1 amide bonds. The van der Waals surface area contributed by atoms with Crippen LogP contribution in [-0.4, -0.2) is 19.0 Å². The third kappa shape index (κ3) is 4.82. The Kier molecular flexibility index (Phi) is 5.40. The van der Waals surface area contributed by atoms with E-state index in [0.717, 1.165) is 18.7 Å². The van der Waals surface area contributed by atoms with E-state index >= 15 is 0 Å². The monoisotopic (exact) mass is 220 g/mol. The first-order chi connectivity index (χ1) is 7.72. The van der Waals surface area contributed by atoms with E-state index < -0.39 is 0 Å². The van der Waals surface area contributed by atoms with Crippen LogP contribution in [-0.2, 0) is 4.79 Å². The van der Waals surface area contributed by atoms with Crippen molar-refractivity contribution in [2.75, 3.05) is 18.4 Å². The summed E-state index contributed by atoms with van der Waals surface area (Å²) in [6.07, 6.45) is 1.50. The largest absolute Gasteiger partial charge is 0.385 e. The van der Waals surface area contributed by atoms with Crippen molar-refractivity contribution >= 4 is 11.6 Å². The number of hydrogen-bond donors (Lipinski definition) is 2. The van der Waals surface area contributed by atoms with Crippen LogP contribution in [0, 0.1) is 6.92 Å². The standard InChI is InChI=1S/C13H20N2O/c1-3-8-15-13(16)7-9-14-12-6-4-5-11(2)10-12/h4-6,10,14H,3,7-9H2,1-2H3,(H,15,16). The average Bonchev–Trinajstić information content (AvgIpc) is 2.26. The highest BCUT2D eigenvalue weighted by atomic mass is 16.1. The number of aryl methyl sites for hydroxylation is 1. The van der Waals surface area contributed by atoms with Gasteiger partial charge in [0.2, 0.25) is 5.91 Å². The van der Waals surface area contributed by atoms with E-state index in [4.69, 9.17) is 0 Å². The molecule has 0 heterocycles. The van der Waals surface area contributed by atoms with Crippen molar-refractivity contribution in [3.05, 3.63) is 29.8 Å². The van der Waals surface area contributed by atoms with E-state index in [2.05, 4.69) is 29.7 Å². The van der Waals surface area contributed by atoms with Crippen molar-refractivity contribution in [1.82, 2.24) is 5.32 Å². The summed E-state index contributed by atoms with van der Waals surface area (Å²) >= 11 is 0. The molecule has 0 spiro atoms. The molecule has 16 heavy (non-hydrogen) atoms. The Morgan fingerprint density at radius 3 is 2.81 bits per heavy atom. The highest BCUT2D eigenvalue weighted by Gasteiger charge is 1.99. The van der Waals surface area contributed by atoms with Crippen molar-refractivity contribution < 1.29 is 4.79 Å². The number of anilines is 1. The van der Waals surface area contributed by atoms with Crippen LogP contribution in [0.4, 0.5) is 5.69 Å². The Labute approximate surface area is 97.2 Å². The Morgan fingerprint density at radius 1 is 1.31 bits per heavy atom. The molecule has 0 unspecified atom stereocenters. The van der Waals surface area contributed by atoms with E-state index in [1.807, 2.05) is 19.1 Å². The van der Waals surface area contributed by atoms with Gasteiger partial charge in [0.25, 0.3) is 0 Å². The molecule has 0 aromatic heterocycles. The lowest BCUT2D eigenvalue weighted by Gasteiger charge is -2.07. The maximum atomic E-state index is 11.3. The minimum Gasteiger partial charge on any atom is -0.385 e. The highest BCUT2D eigenvalue weighted by Crippen LogP contribution is 2.08. The lowest BCUT2D eigenvalue weighted by molar-refractivity contribution is -0.120. The first-order valence-electron chi connectivity index (χ1n) is 5.79. The van der Waals surface area contributed by atoms with Crippen LogP contribution in [0.5, 0.6) is 0 Å². The minimum atomic E-state index is 0.113. The molecule has 0 bridgehead atoms. The van der Waals surface area contributed by atoms with Gasteiger partial charge in [0.1, 0.15) is 0 Å². The molecule has 88 valence electrons. The Balaban J connectivity index is 2.22. The van der Waals surface area contributed by atoms with Crippen LogP contribution in [0.25, 0.3) is 0 Å². The molecule has 3 heteroatoms. The normalized spacial score (nSPS) is 9.88. The fourth-order valence-electron chi connectivity index (χ4n) is 1.43. The molecule has 1 aromatic carbocycles. The molecule has 0 saturated carbocycles. The number of amides is 1. The zero-order valence-corrected chi connectivity index (χ0v) is 10.0. The Hall–Kier alpha value is -1.51. The summed E-state index contributed by atoms with van der Waals surface area (Å²) in [5.74, 6) is 0.113. The molecule has 1 rings (SSSR count). The van der Waals surface area contributed by atoms with Gasteiger partial charge in [-0.3, -0.25) is 4.79 Å². The van der Waals surface area contributed by atoms with Gasteiger partial charge in [0.15, 0.2) is 0 Å². The first-order valence-corrected chi connectivity index (χ1v) is 5.79. The number of nitrogens with one attached hydrogen (secondary N) is 2. The summed E-state index contributed by atoms with van der Waals surface area (Å²) < 4.78 is 0. The fraction of sp³-hybridized carbons (Fsp3) is 0.462. The third-order valence-electron chi connectivity index (χ3n) is 2.27. The Morgan fingerprint density at radius 2 is 2.12 bits per heavy atom. The zero-order chi connectivity index (χ0) is 11.8. The van der Waals surface area contributed by atoms with Crippen molar-refractivity contribution in [3.8, 4) is 0 Å². The predicted molar refractivity (Wildman–Crippen MR) is 67.6 cm³/mol. The van der Waals surface area contributed by atoms with Crippen LogP contribution >= 0.6 is 0 Å². The summed E-state index contributed by atoms with van der Waals surface area (Å²) in [6.45, 7) is 5.55. The second kappa shape index (κ2) is 6.88. The lowest BCUT2D eigenvalue weighted by Crippen LogP contribution is -2.25. The van der Waals surface area contributed by atoms with Gasteiger partial charge < -0.3 is 10.6 Å². The third-order valence-corrected chi connectivity index (χ3v) is 2.27. The van der Waals surface area contributed by atoms with Gasteiger partial charge in [0.05, 0.1) is 0 Å². The van der Waals surface area contributed by atoms with Gasteiger partial charge in [-0.05, 0) is 31.0 Å². The fourth-order valence-corrected chi connectivity index (χ4v) is 1.43. The molecule has 0 atom stereocenters. The molecular formula is C13H20N2O. The second-order valence-corrected chi connectivity index (χ2v) is 3.90. The zero-order valence-electron chi connectivity index (χ0n) is 10.0. The molecule has 0 fully saturated rings. The van der Waals surface area contributed by atoms with Gasteiger partial charge in [-0.2, -0.15) is 0 Å². The quantitative estimate of drug-likeness (QED) is 0.772. The number of rotatable bonds is 6. The summed E-state index contributed by atoms with van der Waals surface area (Å²) in [4.78, 5) is 11.3. The Bertz CT molecular complexity index is 336. The van der Waals surface area contributed by atoms with Gasteiger partial charge in [0, 0.05) is 25.2 Å². The highest BCUT2D eigenvalue weighted by molar-refractivity contribution is 5.76. The summed E-state index contributed by atoms with van der Waals surface area (Å²) in [5.41, 5.74) is 2.30. The second-order valence-electron chi connectivity index (χ2n) is 3.90. The van der Waals surface area contributed by atoms with Gasteiger partial charge in [-0.1, -0.05) is 19.1 Å². The van der Waals surface area contributed by atoms with Crippen molar-refractivity contribution in [1.29, 1.82) is 0 Å². The molecule has 2 N–H and O–H groups in total. The van der Waals surface area contributed by atoms with E-state index in [1.54, 1.807) is 0 Å². The molecule has 1 aromatic rings. The van der Waals surface area contributed by atoms with E-state index in [-0.39, 0.29) is 5.91 Å². The molecule has 3 nitrogen and oxygen atoms in total. The maximum absolute atomic E-state index is 11.3. The number of carbonyl (C=O) groups is 1. The number of carbonyl (C=O) groups excluding carboxylic acids is 1. The summed E-state index contributed by atoms with van der Waals surface area (Å²) in [5, 5.41) is 6.08.